The van der Waals surface area contributed by atoms with Gasteiger partial charge < -0.3 is 10.6 Å². The van der Waals surface area contributed by atoms with Gasteiger partial charge in [-0.3, -0.25) is 9.78 Å². The van der Waals surface area contributed by atoms with Crippen LogP contribution < -0.4 is 10.6 Å². The quantitative estimate of drug-likeness (QED) is 0.734. The molecule has 80 valence electrons. The lowest BCUT2D eigenvalue weighted by Gasteiger charge is -2.05. The summed E-state index contributed by atoms with van der Waals surface area (Å²) in [5, 5.41) is 6.02. The molecule has 1 heterocycles. The van der Waals surface area contributed by atoms with E-state index in [0.29, 0.717) is 19.1 Å². The number of nitrogens with one attached hydrogen (secondary N) is 2. The number of nitrogens with zero attached hydrogens (tertiary/aromatic N) is 1. The third-order valence-electron chi connectivity index (χ3n) is 2.37. The van der Waals surface area contributed by atoms with Crippen LogP contribution in [0.3, 0.4) is 0 Å². The van der Waals surface area contributed by atoms with Gasteiger partial charge in [0.1, 0.15) is 0 Å². The first-order chi connectivity index (χ1) is 7.34. The molecule has 0 aromatic carbocycles. The zero-order valence-corrected chi connectivity index (χ0v) is 8.57. The lowest BCUT2D eigenvalue weighted by atomic mass is 10.3. The van der Waals surface area contributed by atoms with Gasteiger partial charge in [0.25, 0.3) is 0 Å². The summed E-state index contributed by atoms with van der Waals surface area (Å²) in [6.45, 7) is 1.00. The second-order valence-electron chi connectivity index (χ2n) is 3.79. The van der Waals surface area contributed by atoms with Gasteiger partial charge in [-0.15, -0.1) is 0 Å². The molecule has 15 heavy (non-hydrogen) atoms. The van der Waals surface area contributed by atoms with Gasteiger partial charge in [0.2, 0.25) is 5.91 Å². The Kier molecular flexibility index (Phi) is 3.29. The number of carbonyl (C=O) groups is 1. The van der Waals surface area contributed by atoms with E-state index in [-0.39, 0.29) is 5.91 Å². The van der Waals surface area contributed by atoms with E-state index in [2.05, 4.69) is 15.6 Å². The predicted octanol–water partition coefficient (Wildman–Crippen LogP) is 0.450. The van der Waals surface area contributed by atoms with E-state index in [0.717, 1.165) is 5.56 Å². The SMILES string of the molecule is O=C(CNC1CC1)NCc1ccncc1. The zero-order valence-electron chi connectivity index (χ0n) is 8.57. The molecule has 1 saturated carbocycles. The summed E-state index contributed by atoms with van der Waals surface area (Å²) in [5.74, 6) is 0.0544. The standard InChI is InChI=1S/C11H15N3O/c15-11(8-13-10-1-2-10)14-7-9-3-5-12-6-4-9/h3-6,10,13H,1-2,7-8H2,(H,14,15). The summed E-state index contributed by atoms with van der Waals surface area (Å²) >= 11 is 0. The highest BCUT2D eigenvalue weighted by Gasteiger charge is 2.20. The normalized spacial score (nSPS) is 14.9. The van der Waals surface area contributed by atoms with Crippen LogP contribution in [0.4, 0.5) is 0 Å². The average molecular weight is 205 g/mol. The van der Waals surface area contributed by atoms with Crippen molar-refractivity contribution in [2.45, 2.75) is 25.4 Å². The van der Waals surface area contributed by atoms with Crippen LogP contribution >= 0.6 is 0 Å². The number of hydrogen-bond acceptors (Lipinski definition) is 3. The minimum Gasteiger partial charge on any atom is -0.351 e. The molecule has 0 aliphatic heterocycles. The molecule has 2 N–H and O–H groups in total. The van der Waals surface area contributed by atoms with Crippen LogP contribution in [0.5, 0.6) is 0 Å². The van der Waals surface area contributed by atoms with Crippen molar-refractivity contribution < 1.29 is 4.79 Å². The lowest BCUT2D eigenvalue weighted by molar-refractivity contribution is -0.120. The molecular weight excluding hydrogens is 190 g/mol. The van der Waals surface area contributed by atoms with Crippen molar-refractivity contribution in [2.24, 2.45) is 0 Å². The van der Waals surface area contributed by atoms with Crippen molar-refractivity contribution >= 4 is 5.91 Å². The van der Waals surface area contributed by atoms with Crippen molar-refractivity contribution in [1.82, 2.24) is 15.6 Å². The third kappa shape index (κ3) is 3.67. The molecule has 1 aromatic heterocycles. The Morgan fingerprint density at radius 1 is 1.40 bits per heavy atom. The second-order valence-corrected chi connectivity index (χ2v) is 3.79. The van der Waals surface area contributed by atoms with Gasteiger partial charge in [-0.05, 0) is 30.5 Å². The van der Waals surface area contributed by atoms with Crippen molar-refractivity contribution in [3.63, 3.8) is 0 Å². The topological polar surface area (TPSA) is 54.0 Å². The van der Waals surface area contributed by atoms with Crippen LogP contribution in [0, 0.1) is 0 Å². The highest BCUT2D eigenvalue weighted by atomic mass is 16.1. The van der Waals surface area contributed by atoms with E-state index >= 15 is 0 Å². The zero-order chi connectivity index (χ0) is 10.5. The maximum absolute atomic E-state index is 11.4. The van der Waals surface area contributed by atoms with E-state index < -0.39 is 0 Å². The van der Waals surface area contributed by atoms with Crippen molar-refractivity contribution in [2.75, 3.05) is 6.54 Å². The molecule has 0 spiro atoms. The largest absolute Gasteiger partial charge is 0.351 e. The number of carbonyl (C=O) groups excluding carboxylic acids is 1. The molecule has 0 radical (unpaired) electrons. The molecule has 0 atom stereocenters. The number of pyridine rings is 1. The third-order valence-corrected chi connectivity index (χ3v) is 2.37. The highest BCUT2D eigenvalue weighted by molar-refractivity contribution is 5.78. The van der Waals surface area contributed by atoms with Crippen molar-refractivity contribution in [3.8, 4) is 0 Å². The molecule has 2 rings (SSSR count). The predicted molar refractivity (Wildman–Crippen MR) is 57.1 cm³/mol. The van der Waals surface area contributed by atoms with Crippen LogP contribution in [-0.2, 0) is 11.3 Å². The Bertz CT molecular complexity index is 322. The Morgan fingerprint density at radius 2 is 2.13 bits per heavy atom. The summed E-state index contributed by atoms with van der Waals surface area (Å²) in [6, 6.07) is 4.38. The Balaban J connectivity index is 1.66. The van der Waals surface area contributed by atoms with Gasteiger partial charge in [-0.25, -0.2) is 0 Å². The molecule has 1 aliphatic rings. The molecular formula is C11H15N3O. The summed E-state index contributed by atoms with van der Waals surface area (Å²) < 4.78 is 0. The van der Waals surface area contributed by atoms with E-state index in [1.807, 2.05) is 12.1 Å². The smallest absolute Gasteiger partial charge is 0.234 e. The number of hydrogen-bond donors (Lipinski definition) is 2. The summed E-state index contributed by atoms with van der Waals surface area (Å²) in [7, 11) is 0. The van der Waals surface area contributed by atoms with Gasteiger partial charge >= 0.3 is 0 Å². The average Bonchev–Trinajstić information content (AvgIpc) is 3.09. The van der Waals surface area contributed by atoms with Gasteiger partial charge in [0, 0.05) is 25.0 Å². The van der Waals surface area contributed by atoms with Crippen LogP contribution in [0.2, 0.25) is 0 Å². The van der Waals surface area contributed by atoms with Crippen LogP contribution in [-0.4, -0.2) is 23.5 Å². The lowest BCUT2D eigenvalue weighted by Crippen LogP contribution is -2.34. The van der Waals surface area contributed by atoms with E-state index in [9.17, 15) is 4.79 Å². The van der Waals surface area contributed by atoms with E-state index in [1.165, 1.54) is 12.8 Å². The number of amides is 1. The van der Waals surface area contributed by atoms with Crippen LogP contribution in [0.1, 0.15) is 18.4 Å². The monoisotopic (exact) mass is 205 g/mol. The van der Waals surface area contributed by atoms with E-state index in [1.54, 1.807) is 12.4 Å². The highest BCUT2D eigenvalue weighted by Crippen LogP contribution is 2.17. The fourth-order valence-electron chi connectivity index (χ4n) is 1.29. The maximum Gasteiger partial charge on any atom is 0.234 e. The molecule has 0 bridgehead atoms. The first-order valence-corrected chi connectivity index (χ1v) is 5.23. The fraction of sp³-hybridized carbons (Fsp3) is 0.455. The molecule has 1 aliphatic carbocycles. The molecule has 0 saturated heterocycles. The van der Waals surface area contributed by atoms with Gasteiger partial charge in [-0.1, -0.05) is 0 Å². The van der Waals surface area contributed by atoms with Gasteiger partial charge in [0.15, 0.2) is 0 Å². The number of aromatic nitrogens is 1. The molecule has 0 unspecified atom stereocenters. The maximum atomic E-state index is 11.4. The molecule has 4 nitrogen and oxygen atoms in total. The first-order valence-electron chi connectivity index (χ1n) is 5.23. The molecule has 1 amide bonds. The van der Waals surface area contributed by atoms with Crippen molar-refractivity contribution in [1.29, 1.82) is 0 Å². The Labute approximate surface area is 89.1 Å². The summed E-state index contributed by atoms with van der Waals surface area (Å²) in [6.07, 6.45) is 5.86. The van der Waals surface area contributed by atoms with Gasteiger partial charge in [0.05, 0.1) is 6.54 Å². The van der Waals surface area contributed by atoms with Gasteiger partial charge in [-0.2, -0.15) is 0 Å². The summed E-state index contributed by atoms with van der Waals surface area (Å²) in [5.41, 5.74) is 1.07. The number of rotatable bonds is 5. The molecule has 1 fully saturated rings. The minimum absolute atomic E-state index is 0.0544. The van der Waals surface area contributed by atoms with Crippen LogP contribution in [0.15, 0.2) is 24.5 Å². The second kappa shape index (κ2) is 4.89. The van der Waals surface area contributed by atoms with Crippen molar-refractivity contribution in [3.05, 3.63) is 30.1 Å². The molecule has 1 aromatic rings. The first kappa shape index (κ1) is 10.1. The minimum atomic E-state index is 0.0544. The summed E-state index contributed by atoms with van der Waals surface area (Å²) in [4.78, 5) is 15.3. The Morgan fingerprint density at radius 3 is 2.80 bits per heavy atom. The van der Waals surface area contributed by atoms with Crippen LogP contribution in [0.25, 0.3) is 0 Å². The van der Waals surface area contributed by atoms with E-state index in [4.69, 9.17) is 0 Å². The Hall–Kier alpha value is -1.42. The molecule has 4 heteroatoms. The fourth-order valence-corrected chi connectivity index (χ4v) is 1.29.